The predicted molar refractivity (Wildman–Crippen MR) is 58.5 cm³/mol. The average molecular weight is 219 g/mol. The minimum atomic E-state index is 0.103. The SMILES string of the molecule is C[C@H]1C[C@@H]1C(=O)Nc1ccc2c(c1)OCO2. The van der Waals surface area contributed by atoms with E-state index in [9.17, 15) is 4.79 Å². The highest BCUT2D eigenvalue weighted by molar-refractivity contribution is 5.94. The third-order valence-corrected chi connectivity index (χ3v) is 3.09. The van der Waals surface area contributed by atoms with Gasteiger partial charge in [-0.05, 0) is 24.5 Å². The molecule has 1 amide bonds. The largest absolute Gasteiger partial charge is 0.454 e. The smallest absolute Gasteiger partial charge is 0.231 e. The first-order valence-corrected chi connectivity index (χ1v) is 5.44. The molecule has 1 fully saturated rings. The van der Waals surface area contributed by atoms with Crippen molar-refractivity contribution < 1.29 is 14.3 Å². The number of ether oxygens (including phenoxy) is 2. The van der Waals surface area contributed by atoms with Gasteiger partial charge in [0.25, 0.3) is 0 Å². The first-order valence-electron chi connectivity index (χ1n) is 5.44. The zero-order valence-corrected chi connectivity index (χ0v) is 9.03. The normalized spacial score (nSPS) is 25.3. The molecule has 2 aliphatic rings. The van der Waals surface area contributed by atoms with Gasteiger partial charge >= 0.3 is 0 Å². The fraction of sp³-hybridized carbons (Fsp3) is 0.417. The Balaban J connectivity index is 1.73. The molecule has 0 bridgehead atoms. The van der Waals surface area contributed by atoms with Gasteiger partial charge in [0.1, 0.15) is 0 Å². The molecule has 0 saturated heterocycles. The summed E-state index contributed by atoms with van der Waals surface area (Å²) in [5, 5.41) is 2.89. The predicted octanol–water partition coefficient (Wildman–Crippen LogP) is 2.01. The molecule has 2 atom stereocenters. The number of benzene rings is 1. The number of hydrogen-bond acceptors (Lipinski definition) is 3. The van der Waals surface area contributed by atoms with Crippen molar-refractivity contribution in [1.29, 1.82) is 0 Å². The highest BCUT2D eigenvalue weighted by atomic mass is 16.7. The molecule has 16 heavy (non-hydrogen) atoms. The Morgan fingerprint density at radius 2 is 2.12 bits per heavy atom. The zero-order chi connectivity index (χ0) is 11.1. The van der Waals surface area contributed by atoms with Crippen molar-refractivity contribution in [3.05, 3.63) is 18.2 Å². The molecule has 0 spiro atoms. The molecule has 4 heteroatoms. The van der Waals surface area contributed by atoms with Gasteiger partial charge in [-0.15, -0.1) is 0 Å². The van der Waals surface area contributed by atoms with Crippen LogP contribution in [-0.4, -0.2) is 12.7 Å². The van der Waals surface area contributed by atoms with E-state index in [1.165, 1.54) is 0 Å². The lowest BCUT2D eigenvalue weighted by Gasteiger charge is -2.05. The minimum absolute atomic E-state index is 0.103. The number of anilines is 1. The fourth-order valence-electron chi connectivity index (χ4n) is 1.90. The molecule has 1 aliphatic heterocycles. The second-order valence-corrected chi connectivity index (χ2v) is 4.38. The van der Waals surface area contributed by atoms with E-state index in [1.807, 2.05) is 12.1 Å². The number of carbonyl (C=O) groups excluding carboxylic acids is 1. The van der Waals surface area contributed by atoms with Gasteiger partial charge in [-0.1, -0.05) is 6.92 Å². The third kappa shape index (κ3) is 1.60. The fourth-order valence-corrected chi connectivity index (χ4v) is 1.90. The lowest BCUT2D eigenvalue weighted by Crippen LogP contribution is -2.14. The first kappa shape index (κ1) is 9.51. The van der Waals surface area contributed by atoms with Gasteiger partial charge < -0.3 is 14.8 Å². The van der Waals surface area contributed by atoms with E-state index in [1.54, 1.807) is 6.07 Å². The third-order valence-electron chi connectivity index (χ3n) is 3.09. The molecule has 3 rings (SSSR count). The summed E-state index contributed by atoms with van der Waals surface area (Å²) in [7, 11) is 0. The van der Waals surface area contributed by atoms with Crippen LogP contribution < -0.4 is 14.8 Å². The summed E-state index contributed by atoms with van der Waals surface area (Å²) in [5.41, 5.74) is 0.772. The molecule has 0 aromatic heterocycles. The van der Waals surface area contributed by atoms with Crippen LogP contribution in [-0.2, 0) is 4.79 Å². The van der Waals surface area contributed by atoms with Crippen LogP contribution in [0.2, 0.25) is 0 Å². The number of fused-ring (bicyclic) bond motifs is 1. The summed E-state index contributed by atoms with van der Waals surface area (Å²) < 4.78 is 10.4. The zero-order valence-electron chi connectivity index (χ0n) is 9.03. The van der Waals surface area contributed by atoms with Gasteiger partial charge in [0.05, 0.1) is 0 Å². The Labute approximate surface area is 93.5 Å². The van der Waals surface area contributed by atoms with Crippen LogP contribution >= 0.6 is 0 Å². The summed E-state index contributed by atoms with van der Waals surface area (Å²) in [6, 6.07) is 5.44. The van der Waals surface area contributed by atoms with E-state index in [-0.39, 0.29) is 18.6 Å². The Bertz CT molecular complexity index is 444. The molecule has 0 radical (unpaired) electrons. The van der Waals surface area contributed by atoms with Gasteiger partial charge in [-0.25, -0.2) is 0 Å². The summed E-state index contributed by atoms with van der Waals surface area (Å²) >= 11 is 0. The van der Waals surface area contributed by atoms with Gasteiger partial charge in [-0.3, -0.25) is 4.79 Å². The molecule has 1 saturated carbocycles. The maximum absolute atomic E-state index is 11.7. The van der Waals surface area contributed by atoms with Crippen LogP contribution in [0.4, 0.5) is 5.69 Å². The molecular formula is C12H13NO3. The maximum Gasteiger partial charge on any atom is 0.231 e. The number of amides is 1. The average Bonchev–Trinajstić information content (AvgIpc) is 2.83. The van der Waals surface area contributed by atoms with Crippen LogP contribution in [0.5, 0.6) is 11.5 Å². The number of rotatable bonds is 2. The molecule has 4 nitrogen and oxygen atoms in total. The summed E-state index contributed by atoms with van der Waals surface area (Å²) in [6.07, 6.45) is 0.996. The van der Waals surface area contributed by atoms with Crippen molar-refractivity contribution in [2.75, 3.05) is 12.1 Å². The van der Waals surface area contributed by atoms with Crippen molar-refractivity contribution in [2.24, 2.45) is 11.8 Å². The molecule has 1 aliphatic carbocycles. The van der Waals surface area contributed by atoms with E-state index in [2.05, 4.69) is 12.2 Å². The van der Waals surface area contributed by atoms with E-state index < -0.39 is 0 Å². The van der Waals surface area contributed by atoms with Gasteiger partial charge in [0, 0.05) is 17.7 Å². The van der Waals surface area contributed by atoms with E-state index >= 15 is 0 Å². The number of hydrogen-bond donors (Lipinski definition) is 1. The van der Waals surface area contributed by atoms with Crippen LogP contribution in [0, 0.1) is 11.8 Å². The number of nitrogens with one attached hydrogen (secondary N) is 1. The molecule has 84 valence electrons. The Morgan fingerprint density at radius 1 is 1.38 bits per heavy atom. The van der Waals surface area contributed by atoms with E-state index in [4.69, 9.17) is 9.47 Å². The molecule has 1 N–H and O–H groups in total. The van der Waals surface area contributed by atoms with E-state index in [0.29, 0.717) is 11.7 Å². The first-order chi connectivity index (χ1) is 7.74. The number of carbonyl (C=O) groups is 1. The molecule has 1 aromatic carbocycles. The van der Waals surface area contributed by atoms with Gasteiger partial charge in [-0.2, -0.15) is 0 Å². The van der Waals surface area contributed by atoms with Crippen molar-refractivity contribution in [3.8, 4) is 11.5 Å². The highest BCUT2D eigenvalue weighted by Crippen LogP contribution is 2.39. The lowest BCUT2D eigenvalue weighted by atomic mass is 10.2. The monoisotopic (exact) mass is 219 g/mol. The Kier molecular flexibility index (Phi) is 2.02. The van der Waals surface area contributed by atoms with Crippen molar-refractivity contribution in [3.63, 3.8) is 0 Å². The minimum Gasteiger partial charge on any atom is -0.454 e. The van der Waals surface area contributed by atoms with Crippen molar-refractivity contribution in [1.82, 2.24) is 0 Å². The van der Waals surface area contributed by atoms with Crippen LogP contribution in [0.3, 0.4) is 0 Å². The molecular weight excluding hydrogens is 206 g/mol. The summed E-state index contributed by atoms with van der Waals surface area (Å²) in [6.45, 7) is 2.34. The van der Waals surface area contributed by atoms with Crippen LogP contribution in [0.15, 0.2) is 18.2 Å². The molecule has 0 unspecified atom stereocenters. The lowest BCUT2D eigenvalue weighted by molar-refractivity contribution is -0.117. The van der Waals surface area contributed by atoms with Crippen LogP contribution in [0.25, 0.3) is 0 Å². The Morgan fingerprint density at radius 3 is 2.88 bits per heavy atom. The second kappa shape index (κ2) is 3.40. The second-order valence-electron chi connectivity index (χ2n) is 4.38. The maximum atomic E-state index is 11.7. The molecule has 1 heterocycles. The highest BCUT2D eigenvalue weighted by Gasteiger charge is 2.39. The summed E-state index contributed by atoms with van der Waals surface area (Å²) in [4.78, 5) is 11.7. The van der Waals surface area contributed by atoms with Crippen LogP contribution in [0.1, 0.15) is 13.3 Å². The summed E-state index contributed by atoms with van der Waals surface area (Å²) in [5.74, 6) is 2.24. The topological polar surface area (TPSA) is 47.6 Å². The van der Waals surface area contributed by atoms with E-state index in [0.717, 1.165) is 17.9 Å². The van der Waals surface area contributed by atoms with Crippen molar-refractivity contribution >= 4 is 11.6 Å². The Hall–Kier alpha value is -1.71. The molecule has 1 aromatic rings. The van der Waals surface area contributed by atoms with Crippen molar-refractivity contribution in [2.45, 2.75) is 13.3 Å². The standard InChI is InChI=1S/C12H13NO3/c1-7-4-9(7)12(14)13-8-2-3-10-11(5-8)16-6-15-10/h2-3,5,7,9H,4,6H2,1H3,(H,13,14)/t7-,9-/m0/s1. The quantitative estimate of drug-likeness (QED) is 0.827. The van der Waals surface area contributed by atoms with Gasteiger partial charge in [0.2, 0.25) is 12.7 Å². The van der Waals surface area contributed by atoms with Gasteiger partial charge in [0.15, 0.2) is 11.5 Å².